The molecule has 47 heavy (non-hydrogen) atoms. The minimum Gasteiger partial charge on any atom is -0.543 e. The van der Waals surface area contributed by atoms with Crippen LogP contribution in [0.5, 0.6) is 0 Å². The van der Waals surface area contributed by atoms with Gasteiger partial charge in [-0.25, -0.2) is 19.4 Å². The molecule has 4 amide bonds. The monoisotopic (exact) mass is 709 g/mol. The summed E-state index contributed by atoms with van der Waals surface area (Å²) in [5.74, 6) is -1.80. The number of carbonyl (C=O) groups excluding carboxylic acids is 4. The number of H-pyrrole nitrogens is 1. The number of hydrogen-bond acceptors (Lipinski definition) is 14. The molecule has 3 aliphatic rings. The number of carboxylic acid groups (broad SMARTS) is 1. The SMILES string of the molecule is Cn1nnnc1SCC1=C(C(=O)[O-])N2C(=O)C(NC(=O)Cc3ccsc3N(C(N)=O)c3cnc(NC4CCCC4)[nH]c3=O)[C@H]2SC1.[Na+]. The molecule has 5 heterocycles. The van der Waals surface area contributed by atoms with Crippen LogP contribution in [-0.4, -0.2) is 87.9 Å². The molecule has 21 heteroatoms. The topological polar surface area (TPSA) is 237 Å². The van der Waals surface area contributed by atoms with Gasteiger partial charge in [0.2, 0.25) is 17.0 Å². The Morgan fingerprint density at radius 2 is 2.02 bits per heavy atom. The summed E-state index contributed by atoms with van der Waals surface area (Å²) in [6.07, 6.45) is 5.15. The van der Waals surface area contributed by atoms with E-state index in [0.717, 1.165) is 46.8 Å². The van der Waals surface area contributed by atoms with Crippen LogP contribution in [-0.2, 0) is 27.9 Å². The van der Waals surface area contributed by atoms with Gasteiger partial charge in [-0.3, -0.25) is 24.3 Å². The number of primary amides is 1. The van der Waals surface area contributed by atoms with Crippen LogP contribution in [0, 0.1) is 0 Å². The number of nitrogens with zero attached hydrogens (tertiary/aromatic N) is 7. The molecule has 0 bridgehead atoms. The molecule has 1 saturated heterocycles. The normalized spacial score (nSPS) is 19.1. The van der Waals surface area contributed by atoms with Gasteiger partial charge in [-0.05, 0) is 45.9 Å². The van der Waals surface area contributed by atoms with Crippen LogP contribution < -0.4 is 61.5 Å². The van der Waals surface area contributed by atoms with E-state index in [0.29, 0.717) is 28.0 Å². The van der Waals surface area contributed by atoms with E-state index in [1.165, 1.54) is 34.4 Å². The van der Waals surface area contributed by atoms with Crippen molar-refractivity contribution in [2.45, 2.75) is 54.7 Å². The number of carbonyl (C=O) groups is 4. The first kappa shape index (κ1) is 34.9. The number of thiophene rings is 1. The standard InChI is InChI=1S/C26H29N11O6S3.Na/c1-35-26(32-33-34-35)46-11-13-10-45-22-17(20(40)37(22)18(13)23(41)42)30-16(38)8-12-6-7-44-21(12)36(24(27)43)15-9-28-25(31-19(15)39)29-14-4-2-3-5-14;/h6-7,9,14,17,22H,2-5,8,10-11H2,1H3,(H2,27,43)(H,30,38)(H,41,42)(H2,28,29,31,39);/q;+1/p-1/t17?,22-;/m1./s1. The molecule has 0 aromatic carbocycles. The number of amides is 4. The summed E-state index contributed by atoms with van der Waals surface area (Å²) in [6, 6.07) is -0.0831. The van der Waals surface area contributed by atoms with Gasteiger partial charge in [0, 0.05) is 24.6 Å². The number of anilines is 3. The molecule has 242 valence electrons. The Kier molecular flexibility index (Phi) is 11.0. The Morgan fingerprint density at radius 3 is 2.68 bits per heavy atom. The molecule has 5 N–H and O–H groups in total. The molecule has 0 spiro atoms. The third kappa shape index (κ3) is 7.21. The van der Waals surface area contributed by atoms with Gasteiger partial charge in [-0.2, -0.15) is 0 Å². The predicted molar refractivity (Wildman–Crippen MR) is 167 cm³/mol. The maximum Gasteiger partial charge on any atom is 1.00 e. The zero-order valence-corrected chi connectivity index (χ0v) is 29.7. The van der Waals surface area contributed by atoms with E-state index in [2.05, 4.69) is 36.1 Å². The van der Waals surface area contributed by atoms with E-state index >= 15 is 0 Å². The summed E-state index contributed by atoms with van der Waals surface area (Å²) in [5, 5.41) is 30.9. The van der Waals surface area contributed by atoms with Crippen LogP contribution in [0.15, 0.2) is 38.9 Å². The van der Waals surface area contributed by atoms with Crippen molar-refractivity contribution in [2.75, 3.05) is 21.7 Å². The second kappa shape index (κ2) is 14.8. The van der Waals surface area contributed by atoms with E-state index in [1.807, 2.05) is 0 Å². The van der Waals surface area contributed by atoms with Crippen LogP contribution in [0.1, 0.15) is 31.2 Å². The van der Waals surface area contributed by atoms with Crippen molar-refractivity contribution in [1.29, 1.82) is 0 Å². The summed E-state index contributed by atoms with van der Waals surface area (Å²) in [7, 11) is 1.65. The van der Waals surface area contributed by atoms with Crippen molar-refractivity contribution in [3.05, 3.63) is 44.8 Å². The van der Waals surface area contributed by atoms with Crippen molar-refractivity contribution in [3.63, 3.8) is 0 Å². The van der Waals surface area contributed by atoms with Crippen molar-refractivity contribution in [2.24, 2.45) is 12.8 Å². The molecule has 3 aromatic heterocycles. The summed E-state index contributed by atoms with van der Waals surface area (Å²) >= 11 is 3.65. The number of aromatic amines is 1. The Hall–Kier alpha value is -3.43. The number of fused-ring (bicyclic) bond motifs is 1. The fourth-order valence-corrected chi connectivity index (χ4v) is 8.83. The van der Waals surface area contributed by atoms with Crippen LogP contribution >= 0.6 is 34.9 Å². The Morgan fingerprint density at radius 1 is 1.26 bits per heavy atom. The zero-order valence-electron chi connectivity index (χ0n) is 25.3. The average Bonchev–Trinajstić information content (AvgIpc) is 3.79. The second-order valence-electron chi connectivity index (χ2n) is 10.7. The van der Waals surface area contributed by atoms with Gasteiger partial charge in [-0.1, -0.05) is 24.6 Å². The first-order valence-electron chi connectivity index (χ1n) is 14.2. The van der Waals surface area contributed by atoms with E-state index in [-0.39, 0.29) is 64.2 Å². The number of hydrogen-bond donors (Lipinski definition) is 4. The molecule has 1 aliphatic carbocycles. The fourth-order valence-electron chi connectivity index (χ4n) is 5.55. The number of thioether (sulfide) groups is 2. The van der Waals surface area contributed by atoms with Gasteiger partial charge in [0.15, 0.2) is 0 Å². The van der Waals surface area contributed by atoms with Crippen LogP contribution in [0.2, 0.25) is 0 Å². The Labute approximate surface area is 301 Å². The molecule has 17 nitrogen and oxygen atoms in total. The summed E-state index contributed by atoms with van der Waals surface area (Å²) in [6.45, 7) is 0. The number of nitrogens with one attached hydrogen (secondary N) is 3. The number of aliphatic carboxylic acids is 1. The molecule has 2 aliphatic heterocycles. The molecule has 3 aromatic rings. The van der Waals surface area contributed by atoms with Gasteiger partial charge in [-0.15, -0.1) is 28.2 Å². The van der Waals surface area contributed by atoms with Crippen molar-refractivity contribution in [3.8, 4) is 0 Å². The summed E-state index contributed by atoms with van der Waals surface area (Å²) < 4.78 is 1.45. The first-order chi connectivity index (χ1) is 22.1. The van der Waals surface area contributed by atoms with Crippen molar-refractivity contribution < 1.29 is 53.8 Å². The molecule has 6 rings (SSSR count). The third-order valence-electron chi connectivity index (χ3n) is 7.73. The molecular formula is C26H28N11NaO6S3. The Bertz CT molecular complexity index is 1790. The van der Waals surface area contributed by atoms with Gasteiger partial charge in [0.1, 0.15) is 22.1 Å². The molecule has 1 saturated carbocycles. The molecule has 1 unspecified atom stereocenters. The minimum atomic E-state index is -1.49. The second-order valence-corrected chi connectivity index (χ2v) is 13.7. The zero-order chi connectivity index (χ0) is 32.5. The predicted octanol–water partition coefficient (Wildman–Crippen LogP) is -3.33. The summed E-state index contributed by atoms with van der Waals surface area (Å²) in [5.41, 5.74) is 5.64. The van der Waals surface area contributed by atoms with Crippen LogP contribution in [0.3, 0.4) is 0 Å². The first-order valence-corrected chi connectivity index (χ1v) is 17.1. The van der Waals surface area contributed by atoms with Gasteiger partial charge in [0.05, 0.1) is 24.3 Å². The Balaban J connectivity index is 0.00000433. The van der Waals surface area contributed by atoms with Crippen LogP contribution in [0.25, 0.3) is 0 Å². The molecule has 2 fully saturated rings. The van der Waals surface area contributed by atoms with Crippen molar-refractivity contribution >= 4 is 75.3 Å². The quantitative estimate of drug-likeness (QED) is 0.0867. The smallest absolute Gasteiger partial charge is 0.543 e. The molecular weight excluding hydrogens is 682 g/mol. The minimum absolute atomic E-state index is 0. The average molecular weight is 710 g/mol. The van der Waals surface area contributed by atoms with Crippen molar-refractivity contribution in [1.82, 2.24) is 40.4 Å². The largest absolute Gasteiger partial charge is 1.00 e. The maximum absolute atomic E-state index is 13.2. The summed E-state index contributed by atoms with van der Waals surface area (Å²) in [4.78, 5) is 73.0. The van der Waals surface area contributed by atoms with Gasteiger partial charge >= 0.3 is 35.6 Å². The van der Waals surface area contributed by atoms with Gasteiger partial charge in [0.25, 0.3) is 11.5 Å². The molecule has 0 radical (unpaired) electrons. The third-order valence-corrected chi connectivity index (χ3v) is 11.1. The molecule has 2 atom stereocenters. The van der Waals surface area contributed by atoms with E-state index < -0.39 is 40.8 Å². The number of aryl methyl sites for hydroxylation is 1. The fraction of sp³-hybridized carbons (Fsp3) is 0.423. The number of urea groups is 1. The van der Waals surface area contributed by atoms with E-state index in [9.17, 15) is 29.1 Å². The maximum atomic E-state index is 13.2. The number of nitrogens with two attached hydrogens (primary N) is 1. The van der Waals surface area contributed by atoms with E-state index in [1.54, 1.807) is 18.5 Å². The number of rotatable bonds is 11. The van der Waals surface area contributed by atoms with Crippen LogP contribution in [0.4, 0.5) is 21.4 Å². The van der Waals surface area contributed by atoms with Gasteiger partial charge < -0.3 is 26.3 Å². The number of tetrazole rings is 1. The number of aromatic nitrogens is 6. The van der Waals surface area contributed by atoms with E-state index in [4.69, 9.17) is 5.73 Å². The number of β-lactam (4-membered cyclic amide) rings is 1. The number of carboxylic acids is 1.